The maximum atomic E-state index is 12.0. The van der Waals surface area contributed by atoms with Crippen LogP contribution in [-0.4, -0.2) is 17.3 Å². The molecule has 0 spiro atoms. The summed E-state index contributed by atoms with van der Waals surface area (Å²) in [6.45, 7) is 0. The number of benzene rings is 3. The van der Waals surface area contributed by atoms with Gasteiger partial charge in [-0.1, -0.05) is 30.3 Å². The Morgan fingerprint density at radius 3 is 2.67 bits per heavy atom. The summed E-state index contributed by atoms with van der Waals surface area (Å²) in [5.74, 6) is 0.526. The van der Waals surface area contributed by atoms with Gasteiger partial charge in [-0.2, -0.15) is 5.26 Å². The zero-order valence-corrected chi connectivity index (χ0v) is 14.0. The highest BCUT2D eigenvalue weighted by molar-refractivity contribution is 6.04. The van der Waals surface area contributed by atoms with E-state index in [0.717, 1.165) is 5.56 Å². The van der Waals surface area contributed by atoms with Gasteiger partial charge in [0, 0.05) is 17.3 Å². The Morgan fingerprint density at radius 1 is 1.04 bits per heavy atom. The molecule has 27 heavy (non-hydrogen) atoms. The van der Waals surface area contributed by atoms with Gasteiger partial charge in [-0.25, -0.2) is 5.48 Å². The van der Waals surface area contributed by atoms with Crippen molar-refractivity contribution in [2.45, 2.75) is 0 Å². The second-order valence-corrected chi connectivity index (χ2v) is 5.86. The van der Waals surface area contributed by atoms with Crippen molar-refractivity contribution in [2.75, 3.05) is 0 Å². The van der Waals surface area contributed by atoms with E-state index >= 15 is 0 Å². The van der Waals surface area contributed by atoms with E-state index < -0.39 is 5.91 Å². The number of ether oxygens (including phenoxy) is 1. The lowest BCUT2D eigenvalue weighted by atomic mass is 9.95. The fourth-order valence-electron chi connectivity index (χ4n) is 3.00. The number of amides is 1. The van der Waals surface area contributed by atoms with Crippen molar-refractivity contribution < 1.29 is 14.7 Å². The SMILES string of the molecule is N#Cc1ccc2c(c1)N=Cc1c(cccc1-c1ccccc1C(=O)NO)O2. The molecule has 1 aliphatic rings. The highest BCUT2D eigenvalue weighted by Crippen LogP contribution is 2.40. The Kier molecular flexibility index (Phi) is 4.13. The van der Waals surface area contributed by atoms with Gasteiger partial charge in [0.15, 0.2) is 5.75 Å². The molecule has 3 aromatic rings. The van der Waals surface area contributed by atoms with E-state index in [1.54, 1.807) is 48.1 Å². The van der Waals surface area contributed by atoms with E-state index in [9.17, 15) is 4.79 Å². The maximum Gasteiger partial charge on any atom is 0.275 e. The summed E-state index contributed by atoms with van der Waals surface area (Å²) >= 11 is 0. The monoisotopic (exact) mass is 355 g/mol. The molecule has 0 unspecified atom stereocenters. The van der Waals surface area contributed by atoms with E-state index in [-0.39, 0.29) is 0 Å². The van der Waals surface area contributed by atoms with Crippen molar-refractivity contribution in [3.8, 4) is 28.7 Å². The van der Waals surface area contributed by atoms with Crippen molar-refractivity contribution in [1.29, 1.82) is 5.26 Å². The van der Waals surface area contributed by atoms with Crippen molar-refractivity contribution in [2.24, 2.45) is 4.99 Å². The molecule has 0 aliphatic carbocycles. The topological polar surface area (TPSA) is 94.7 Å². The summed E-state index contributed by atoms with van der Waals surface area (Å²) in [7, 11) is 0. The fraction of sp³-hybridized carbons (Fsp3) is 0. The molecule has 1 amide bonds. The zero-order chi connectivity index (χ0) is 18.8. The van der Waals surface area contributed by atoms with Crippen LogP contribution in [0.2, 0.25) is 0 Å². The number of nitrogens with one attached hydrogen (secondary N) is 1. The third kappa shape index (κ3) is 2.92. The van der Waals surface area contributed by atoms with Crippen molar-refractivity contribution >= 4 is 17.8 Å². The minimum atomic E-state index is -0.600. The van der Waals surface area contributed by atoms with Gasteiger partial charge in [0.05, 0.1) is 11.6 Å². The number of aliphatic imine (C=N–C) groups is 1. The Hall–Kier alpha value is -3.95. The van der Waals surface area contributed by atoms with Gasteiger partial charge >= 0.3 is 0 Å². The molecule has 0 fully saturated rings. The van der Waals surface area contributed by atoms with E-state index in [4.69, 9.17) is 15.2 Å². The average molecular weight is 355 g/mol. The van der Waals surface area contributed by atoms with Crippen LogP contribution in [0.3, 0.4) is 0 Å². The van der Waals surface area contributed by atoms with Gasteiger partial charge in [0.1, 0.15) is 11.4 Å². The maximum absolute atomic E-state index is 12.0. The average Bonchev–Trinajstić information content (AvgIpc) is 2.91. The zero-order valence-electron chi connectivity index (χ0n) is 14.0. The van der Waals surface area contributed by atoms with E-state index in [1.807, 2.05) is 24.3 Å². The minimum Gasteiger partial charge on any atom is -0.454 e. The molecule has 0 bridgehead atoms. The first-order chi connectivity index (χ1) is 13.2. The number of nitriles is 1. The van der Waals surface area contributed by atoms with E-state index in [1.165, 1.54) is 0 Å². The number of hydrogen-bond acceptors (Lipinski definition) is 5. The van der Waals surface area contributed by atoms with Crippen LogP contribution in [0.4, 0.5) is 5.69 Å². The molecule has 4 rings (SSSR count). The third-order valence-electron chi connectivity index (χ3n) is 4.27. The second-order valence-electron chi connectivity index (χ2n) is 5.86. The normalized spacial score (nSPS) is 11.4. The molecule has 0 atom stereocenters. The summed E-state index contributed by atoms with van der Waals surface area (Å²) in [4.78, 5) is 16.5. The van der Waals surface area contributed by atoms with Gasteiger partial charge in [0.2, 0.25) is 0 Å². The van der Waals surface area contributed by atoms with Gasteiger partial charge in [-0.15, -0.1) is 0 Å². The number of carbonyl (C=O) groups is 1. The Bertz CT molecular complexity index is 1130. The predicted molar refractivity (Wildman–Crippen MR) is 99.6 cm³/mol. The molecule has 2 N–H and O–H groups in total. The first kappa shape index (κ1) is 16.5. The first-order valence-electron chi connectivity index (χ1n) is 8.14. The van der Waals surface area contributed by atoms with Crippen LogP contribution in [0.1, 0.15) is 21.5 Å². The molecule has 6 heteroatoms. The summed E-state index contributed by atoms with van der Waals surface area (Å²) < 4.78 is 6.01. The smallest absolute Gasteiger partial charge is 0.275 e. The number of nitrogens with zero attached hydrogens (tertiary/aromatic N) is 2. The Morgan fingerprint density at radius 2 is 1.85 bits per heavy atom. The van der Waals surface area contributed by atoms with Crippen LogP contribution in [0.15, 0.2) is 65.7 Å². The second kappa shape index (κ2) is 6.75. The highest BCUT2D eigenvalue weighted by Gasteiger charge is 2.19. The number of hydroxylamine groups is 1. The summed E-state index contributed by atoms with van der Waals surface area (Å²) in [6, 6.07) is 19.6. The predicted octanol–water partition coefficient (Wildman–Crippen LogP) is 4.20. The first-order valence-corrected chi connectivity index (χ1v) is 8.14. The fourth-order valence-corrected chi connectivity index (χ4v) is 3.00. The van der Waals surface area contributed by atoms with E-state index in [2.05, 4.69) is 11.1 Å². The molecule has 0 aromatic heterocycles. The van der Waals surface area contributed by atoms with Gasteiger partial charge in [-0.3, -0.25) is 15.0 Å². The summed E-state index contributed by atoms with van der Waals surface area (Å²) in [5.41, 5.74) is 5.13. The number of rotatable bonds is 2. The van der Waals surface area contributed by atoms with Crippen LogP contribution >= 0.6 is 0 Å². The van der Waals surface area contributed by atoms with Gasteiger partial charge < -0.3 is 4.74 Å². The van der Waals surface area contributed by atoms with Crippen LogP contribution in [-0.2, 0) is 0 Å². The molecular formula is C21H13N3O3. The molecule has 0 radical (unpaired) electrons. The third-order valence-corrected chi connectivity index (χ3v) is 4.27. The standard InChI is InChI=1S/C21H13N3O3/c22-11-13-8-9-20-18(10-13)23-12-17-15(6-3-7-19(17)27-20)14-4-1-2-5-16(14)21(25)24-26/h1-10,12,26H,(H,24,25). The molecule has 0 saturated carbocycles. The Balaban J connectivity index is 1.89. The quantitative estimate of drug-likeness (QED) is 0.416. The number of carbonyl (C=O) groups excluding carboxylic acids is 1. The number of fused-ring (bicyclic) bond motifs is 2. The van der Waals surface area contributed by atoms with Crippen molar-refractivity contribution in [3.63, 3.8) is 0 Å². The van der Waals surface area contributed by atoms with Crippen molar-refractivity contribution in [3.05, 3.63) is 77.4 Å². The molecule has 3 aromatic carbocycles. The molecular weight excluding hydrogens is 342 g/mol. The lowest BCUT2D eigenvalue weighted by Crippen LogP contribution is -2.19. The van der Waals surface area contributed by atoms with Crippen molar-refractivity contribution in [1.82, 2.24) is 5.48 Å². The molecule has 1 heterocycles. The van der Waals surface area contributed by atoms with Crippen LogP contribution < -0.4 is 10.2 Å². The molecule has 130 valence electrons. The highest BCUT2D eigenvalue weighted by atomic mass is 16.5. The molecule has 0 saturated heterocycles. The molecule has 6 nitrogen and oxygen atoms in total. The van der Waals surface area contributed by atoms with Crippen LogP contribution in [0.5, 0.6) is 11.5 Å². The van der Waals surface area contributed by atoms with Crippen LogP contribution in [0.25, 0.3) is 11.1 Å². The van der Waals surface area contributed by atoms with Gasteiger partial charge in [0.25, 0.3) is 5.91 Å². The van der Waals surface area contributed by atoms with Crippen LogP contribution in [0, 0.1) is 11.3 Å². The summed E-state index contributed by atoms with van der Waals surface area (Å²) in [6.07, 6.45) is 1.66. The van der Waals surface area contributed by atoms with Gasteiger partial charge in [-0.05, 0) is 41.5 Å². The number of hydrogen-bond donors (Lipinski definition) is 2. The largest absolute Gasteiger partial charge is 0.454 e. The minimum absolute atomic E-state index is 0.329. The lowest BCUT2D eigenvalue weighted by molar-refractivity contribution is 0.0707. The lowest BCUT2D eigenvalue weighted by Gasteiger charge is -2.13. The Labute approximate surface area is 154 Å². The molecule has 1 aliphatic heterocycles. The van der Waals surface area contributed by atoms with E-state index in [0.29, 0.717) is 39.4 Å². The summed E-state index contributed by atoms with van der Waals surface area (Å²) in [5, 5.41) is 18.1.